The zero-order chi connectivity index (χ0) is 14.9. The molecule has 0 aliphatic carbocycles. The lowest BCUT2D eigenvalue weighted by molar-refractivity contribution is -0.137. The van der Waals surface area contributed by atoms with E-state index in [1.54, 1.807) is 18.0 Å². The first-order valence-electron chi connectivity index (χ1n) is 6.12. The van der Waals surface area contributed by atoms with Crippen LogP contribution < -0.4 is 10.6 Å². The maximum atomic E-state index is 13.1. The van der Waals surface area contributed by atoms with Gasteiger partial charge in [0.05, 0.1) is 18.2 Å². The highest BCUT2D eigenvalue weighted by Gasteiger charge is 2.35. The van der Waals surface area contributed by atoms with Gasteiger partial charge in [0.2, 0.25) is 0 Å². The van der Waals surface area contributed by atoms with Gasteiger partial charge in [0.15, 0.2) is 0 Å². The number of hydrogen-bond acceptors (Lipinski definition) is 3. The minimum Gasteiger partial charge on any atom is -0.389 e. The van der Waals surface area contributed by atoms with Crippen molar-refractivity contribution < 1.29 is 17.9 Å². The summed E-state index contributed by atoms with van der Waals surface area (Å²) in [6, 6.07) is 4.11. The Kier molecular flexibility index (Phi) is 4.19. The molecule has 0 saturated carbocycles. The van der Waals surface area contributed by atoms with Gasteiger partial charge in [-0.25, -0.2) is 0 Å². The Morgan fingerprint density at radius 1 is 1.45 bits per heavy atom. The van der Waals surface area contributed by atoms with Crippen molar-refractivity contribution in [3.8, 4) is 0 Å². The molecule has 3 nitrogen and oxygen atoms in total. The topological polar surface area (TPSA) is 38.5 Å². The van der Waals surface area contributed by atoms with Crippen LogP contribution in [-0.4, -0.2) is 31.3 Å². The van der Waals surface area contributed by atoms with Gasteiger partial charge in [0.1, 0.15) is 4.99 Å². The molecule has 1 aromatic carbocycles. The molecule has 1 aromatic rings. The number of thiocarbonyl (C=S) groups is 1. The van der Waals surface area contributed by atoms with Gasteiger partial charge in [0.25, 0.3) is 0 Å². The molecule has 7 heteroatoms. The van der Waals surface area contributed by atoms with Crippen molar-refractivity contribution >= 4 is 22.9 Å². The molecule has 110 valence electrons. The molecule has 2 N–H and O–H groups in total. The fourth-order valence-electron chi connectivity index (χ4n) is 2.24. The number of hydrogen-bond donors (Lipinski definition) is 1. The third-order valence-corrected chi connectivity index (χ3v) is 3.65. The summed E-state index contributed by atoms with van der Waals surface area (Å²) in [5.74, 6) is 0. The van der Waals surface area contributed by atoms with Crippen LogP contribution in [0.15, 0.2) is 18.2 Å². The van der Waals surface area contributed by atoms with Crippen molar-refractivity contribution in [3.63, 3.8) is 0 Å². The third kappa shape index (κ3) is 3.04. The molecule has 20 heavy (non-hydrogen) atoms. The molecule has 0 radical (unpaired) electrons. The van der Waals surface area contributed by atoms with Crippen LogP contribution in [0.5, 0.6) is 0 Å². The molecular weight excluding hydrogens is 289 g/mol. The maximum Gasteiger partial charge on any atom is 0.417 e. The number of likely N-dealkylation sites (N-methyl/N-ethyl adjacent to an activating group) is 1. The standard InChI is InChI=1S/C13H15F3N2OS/c1-18(9-4-5-19-7-9)8-2-3-10(12(17)20)11(6-8)13(14,15)16/h2-3,6,9H,4-5,7H2,1H3,(H2,17,20). The van der Waals surface area contributed by atoms with E-state index in [4.69, 9.17) is 10.5 Å². The molecule has 2 rings (SSSR count). The fraction of sp³-hybridized carbons (Fsp3) is 0.462. The summed E-state index contributed by atoms with van der Waals surface area (Å²) >= 11 is 4.68. The Labute approximate surface area is 120 Å². The lowest BCUT2D eigenvalue weighted by atomic mass is 10.0. The third-order valence-electron chi connectivity index (χ3n) is 3.43. The van der Waals surface area contributed by atoms with Gasteiger partial charge in [-0.15, -0.1) is 0 Å². The van der Waals surface area contributed by atoms with Crippen molar-refractivity contribution in [2.45, 2.75) is 18.6 Å². The van der Waals surface area contributed by atoms with E-state index in [9.17, 15) is 13.2 Å². The first-order valence-corrected chi connectivity index (χ1v) is 6.53. The first-order chi connectivity index (χ1) is 9.30. The Bertz CT molecular complexity index is 513. The number of halogens is 3. The van der Waals surface area contributed by atoms with Crippen LogP contribution in [0.4, 0.5) is 18.9 Å². The smallest absolute Gasteiger partial charge is 0.389 e. The van der Waals surface area contributed by atoms with Crippen LogP contribution in [0.2, 0.25) is 0 Å². The monoisotopic (exact) mass is 304 g/mol. The minimum atomic E-state index is -4.48. The number of rotatable bonds is 3. The second-order valence-corrected chi connectivity index (χ2v) is 5.16. The summed E-state index contributed by atoms with van der Waals surface area (Å²) in [5, 5.41) is 0. The molecule has 0 spiro atoms. The fourth-order valence-corrected chi connectivity index (χ4v) is 2.42. The van der Waals surface area contributed by atoms with Crippen molar-refractivity contribution in [2.75, 3.05) is 25.2 Å². The van der Waals surface area contributed by atoms with Gasteiger partial charge in [-0.3, -0.25) is 0 Å². The molecule has 0 aromatic heterocycles. The predicted molar refractivity (Wildman–Crippen MR) is 75.0 cm³/mol. The van der Waals surface area contributed by atoms with Gasteiger partial charge >= 0.3 is 6.18 Å². The largest absolute Gasteiger partial charge is 0.417 e. The number of alkyl halides is 3. The van der Waals surface area contributed by atoms with E-state index in [1.807, 2.05) is 0 Å². The van der Waals surface area contributed by atoms with Crippen LogP contribution in [0.3, 0.4) is 0 Å². The normalized spacial score (nSPS) is 19.1. The number of anilines is 1. The summed E-state index contributed by atoms with van der Waals surface area (Å²) in [6.45, 7) is 1.15. The predicted octanol–water partition coefficient (Wildman–Crippen LogP) is 2.56. The molecule has 0 amide bonds. The van der Waals surface area contributed by atoms with Gasteiger partial charge < -0.3 is 15.4 Å². The molecule has 1 aliphatic rings. The number of ether oxygens (including phenoxy) is 1. The van der Waals surface area contributed by atoms with Crippen LogP contribution in [0.1, 0.15) is 17.5 Å². The molecule has 0 bridgehead atoms. The molecule has 1 atom stereocenters. The second kappa shape index (κ2) is 5.57. The molecule has 1 unspecified atom stereocenters. The first kappa shape index (κ1) is 15.1. The van der Waals surface area contributed by atoms with Gasteiger partial charge in [-0.05, 0) is 24.6 Å². The average molecular weight is 304 g/mol. The van der Waals surface area contributed by atoms with Gasteiger partial charge in [0, 0.05) is 24.9 Å². The number of benzene rings is 1. The van der Waals surface area contributed by atoms with E-state index >= 15 is 0 Å². The quantitative estimate of drug-likeness (QED) is 0.871. The Morgan fingerprint density at radius 3 is 2.65 bits per heavy atom. The molecule has 1 heterocycles. The molecular formula is C13H15F3N2OS. The summed E-state index contributed by atoms with van der Waals surface area (Å²) in [6.07, 6.45) is -3.68. The van der Waals surface area contributed by atoms with E-state index in [0.29, 0.717) is 18.9 Å². The zero-order valence-electron chi connectivity index (χ0n) is 10.9. The van der Waals surface area contributed by atoms with Crippen LogP contribution in [-0.2, 0) is 10.9 Å². The van der Waals surface area contributed by atoms with Crippen LogP contribution in [0.25, 0.3) is 0 Å². The highest BCUT2D eigenvalue weighted by molar-refractivity contribution is 7.80. The maximum absolute atomic E-state index is 13.1. The SMILES string of the molecule is CN(c1ccc(C(N)=S)c(C(F)(F)F)c1)C1CCOC1. The Morgan fingerprint density at radius 2 is 2.15 bits per heavy atom. The van der Waals surface area contributed by atoms with E-state index in [2.05, 4.69) is 12.2 Å². The summed E-state index contributed by atoms with van der Waals surface area (Å²) in [7, 11) is 1.76. The number of nitrogens with two attached hydrogens (primary N) is 1. The molecule has 1 fully saturated rings. The molecule has 1 saturated heterocycles. The highest BCUT2D eigenvalue weighted by atomic mass is 32.1. The van der Waals surface area contributed by atoms with Crippen molar-refractivity contribution in [3.05, 3.63) is 29.3 Å². The Balaban J connectivity index is 2.38. The highest BCUT2D eigenvalue weighted by Crippen LogP contribution is 2.35. The zero-order valence-corrected chi connectivity index (χ0v) is 11.7. The summed E-state index contributed by atoms with van der Waals surface area (Å²) in [5.41, 5.74) is 4.89. The summed E-state index contributed by atoms with van der Waals surface area (Å²) < 4.78 is 44.5. The average Bonchev–Trinajstić information content (AvgIpc) is 2.89. The summed E-state index contributed by atoms with van der Waals surface area (Å²) in [4.78, 5) is 1.54. The van der Waals surface area contributed by atoms with E-state index in [1.165, 1.54) is 6.07 Å². The minimum absolute atomic E-state index is 0.0896. The van der Waals surface area contributed by atoms with Gasteiger partial charge in [-0.2, -0.15) is 13.2 Å². The van der Waals surface area contributed by atoms with E-state index in [0.717, 1.165) is 12.5 Å². The number of nitrogens with zero attached hydrogens (tertiary/aromatic N) is 1. The lowest BCUT2D eigenvalue weighted by Gasteiger charge is -2.26. The van der Waals surface area contributed by atoms with Gasteiger partial charge in [-0.1, -0.05) is 12.2 Å². The van der Waals surface area contributed by atoms with Crippen molar-refractivity contribution in [2.24, 2.45) is 5.73 Å². The van der Waals surface area contributed by atoms with Crippen molar-refractivity contribution in [1.29, 1.82) is 0 Å². The lowest BCUT2D eigenvalue weighted by Crippen LogP contribution is -2.32. The van der Waals surface area contributed by atoms with Crippen LogP contribution in [0, 0.1) is 0 Å². The molecule has 1 aliphatic heterocycles. The van der Waals surface area contributed by atoms with Crippen molar-refractivity contribution in [1.82, 2.24) is 0 Å². The van der Waals surface area contributed by atoms with Crippen LogP contribution >= 0.6 is 12.2 Å². The Hall–Kier alpha value is -1.34. The van der Waals surface area contributed by atoms with E-state index < -0.39 is 11.7 Å². The second-order valence-electron chi connectivity index (χ2n) is 4.72. The van der Waals surface area contributed by atoms with E-state index in [-0.39, 0.29) is 16.6 Å².